The minimum atomic E-state index is -0.682. The number of Topliss-reactive ketones (excluding diaryl/α,β-unsaturated/α-hetero) is 1. The summed E-state index contributed by atoms with van der Waals surface area (Å²) < 4.78 is 0. The first-order chi connectivity index (χ1) is 10.5. The predicted octanol–water partition coefficient (Wildman–Crippen LogP) is 5.18. The van der Waals surface area contributed by atoms with E-state index in [0.717, 1.165) is 0 Å². The zero-order valence-corrected chi connectivity index (χ0v) is 13.3. The minimum absolute atomic E-state index is 0.141. The summed E-state index contributed by atoms with van der Waals surface area (Å²) in [7, 11) is 0. The number of hydrogen-bond donors (Lipinski definition) is 1. The van der Waals surface area contributed by atoms with E-state index in [4.69, 9.17) is 34.8 Å². The van der Waals surface area contributed by atoms with Gasteiger partial charge >= 0.3 is 0 Å². The summed E-state index contributed by atoms with van der Waals surface area (Å²) in [5.41, 5.74) is 1.78. The Morgan fingerprint density at radius 3 is 2.32 bits per heavy atom. The Morgan fingerprint density at radius 1 is 1.00 bits per heavy atom. The first kappa shape index (κ1) is 15.1. The maximum absolute atomic E-state index is 12.0. The maximum atomic E-state index is 12.0. The van der Waals surface area contributed by atoms with Crippen molar-refractivity contribution in [1.29, 1.82) is 0 Å². The van der Waals surface area contributed by atoms with Gasteiger partial charge in [0.15, 0.2) is 6.29 Å². The SMILES string of the molecule is O=CC(=O)c1[nH]c2ccc(Cl)cc2c1-c1c(Cl)cccc1Cl. The van der Waals surface area contributed by atoms with Gasteiger partial charge in [-0.2, -0.15) is 0 Å². The average Bonchev–Trinajstić information content (AvgIpc) is 2.85. The first-order valence-electron chi connectivity index (χ1n) is 6.28. The van der Waals surface area contributed by atoms with Gasteiger partial charge in [0, 0.05) is 37.1 Å². The van der Waals surface area contributed by atoms with E-state index in [0.29, 0.717) is 37.1 Å². The molecule has 0 aliphatic rings. The molecule has 3 nitrogen and oxygen atoms in total. The van der Waals surface area contributed by atoms with Crippen molar-refractivity contribution in [3.05, 3.63) is 57.2 Å². The number of ketones is 1. The van der Waals surface area contributed by atoms with Crippen molar-refractivity contribution in [2.75, 3.05) is 0 Å². The summed E-state index contributed by atoms with van der Waals surface area (Å²) in [6.45, 7) is 0. The van der Waals surface area contributed by atoms with Crippen LogP contribution in [-0.4, -0.2) is 17.1 Å². The minimum Gasteiger partial charge on any atom is -0.351 e. The molecule has 3 rings (SSSR count). The Balaban J connectivity index is 2.47. The van der Waals surface area contributed by atoms with Crippen LogP contribution in [0.15, 0.2) is 36.4 Å². The quantitative estimate of drug-likeness (QED) is 0.401. The molecule has 3 aromatic rings. The molecule has 0 aliphatic carbocycles. The molecular weight excluding hydrogens is 345 g/mol. The van der Waals surface area contributed by atoms with Crippen LogP contribution < -0.4 is 0 Å². The van der Waals surface area contributed by atoms with Gasteiger partial charge in [0.1, 0.15) is 0 Å². The van der Waals surface area contributed by atoms with Gasteiger partial charge in [0.05, 0.1) is 5.69 Å². The summed E-state index contributed by atoms with van der Waals surface area (Å²) in [4.78, 5) is 25.8. The lowest BCUT2D eigenvalue weighted by molar-refractivity contribution is -0.104. The molecule has 0 radical (unpaired) electrons. The molecule has 0 saturated carbocycles. The van der Waals surface area contributed by atoms with E-state index in [1.54, 1.807) is 36.4 Å². The van der Waals surface area contributed by atoms with Crippen LogP contribution >= 0.6 is 34.8 Å². The molecule has 0 spiro atoms. The zero-order chi connectivity index (χ0) is 15.9. The molecule has 22 heavy (non-hydrogen) atoms. The molecule has 0 bridgehead atoms. The highest BCUT2D eigenvalue weighted by molar-refractivity contribution is 6.42. The van der Waals surface area contributed by atoms with Crippen molar-refractivity contribution in [3.63, 3.8) is 0 Å². The van der Waals surface area contributed by atoms with Crippen molar-refractivity contribution in [3.8, 4) is 11.1 Å². The molecular formula is C16H8Cl3NO2. The highest BCUT2D eigenvalue weighted by atomic mass is 35.5. The van der Waals surface area contributed by atoms with Crippen molar-refractivity contribution in [1.82, 2.24) is 4.98 Å². The predicted molar refractivity (Wildman–Crippen MR) is 89.2 cm³/mol. The lowest BCUT2D eigenvalue weighted by atomic mass is 10.00. The number of carbonyl (C=O) groups excluding carboxylic acids is 2. The van der Waals surface area contributed by atoms with Gasteiger partial charge in [0.2, 0.25) is 5.78 Å². The fourth-order valence-corrected chi connectivity index (χ4v) is 3.16. The number of halogens is 3. The second-order valence-electron chi connectivity index (χ2n) is 4.64. The number of nitrogens with one attached hydrogen (secondary N) is 1. The summed E-state index contributed by atoms with van der Waals surface area (Å²) >= 11 is 18.5. The molecule has 6 heteroatoms. The number of hydrogen-bond acceptors (Lipinski definition) is 2. The number of H-pyrrole nitrogens is 1. The van der Waals surface area contributed by atoms with E-state index < -0.39 is 5.78 Å². The van der Waals surface area contributed by atoms with Crippen LogP contribution in [0.3, 0.4) is 0 Å². The monoisotopic (exact) mass is 351 g/mol. The van der Waals surface area contributed by atoms with Gasteiger partial charge in [-0.3, -0.25) is 9.59 Å². The number of fused-ring (bicyclic) bond motifs is 1. The van der Waals surface area contributed by atoms with Crippen molar-refractivity contribution >= 4 is 57.8 Å². The second kappa shape index (κ2) is 5.76. The van der Waals surface area contributed by atoms with E-state index in [2.05, 4.69) is 4.98 Å². The Kier molecular flexibility index (Phi) is 3.96. The fraction of sp³-hybridized carbons (Fsp3) is 0. The molecule has 2 aromatic carbocycles. The van der Waals surface area contributed by atoms with Crippen molar-refractivity contribution in [2.45, 2.75) is 0 Å². The third-order valence-corrected chi connectivity index (χ3v) is 4.19. The highest BCUT2D eigenvalue weighted by Crippen LogP contribution is 2.41. The van der Waals surface area contributed by atoms with Gasteiger partial charge in [-0.25, -0.2) is 0 Å². The van der Waals surface area contributed by atoms with Gasteiger partial charge in [-0.1, -0.05) is 40.9 Å². The topological polar surface area (TPSA) is 49.9 Å². The standard InChI is InChI=1S/C16H8Cl3NO2/c17-8-4-5-12-9(6-8)14(16(20-12)13(22)7-21)15-10(18)2-1-3-11(15)19/h1-7,20H. The molecule has 1 N–H and O–H groups in total. The Labute approximate surface area is 140 Å². The molecule has 110 valence electrons. The van der Waals surface area contributed by atoms with Crippen molar-refractivity contribution in [2.24, 2.45) is 0 Å². The van der Waals surface area contributed by atoms with Crippen molar-refractivity contribution < 1.29 is 9.59 Å². The van der Waals surface area contributed by atoms with Crippen LogP contribution in [0.25, 0.3) is 22.0 Å². The zero-order valence-electron chi connectivity index (χ0n) is 11.0. The molecule has 1 aromatic heterocycles. The smallest absolute Gasteiger partial charge is 0.242 e. The molecule has 0 atom stereocenters. The van der Waals surface area contributed by atoms with Crippen LogP contribution in [-0.2, 0) is 4.79 Å². The van der Waals surface area contributed by atoms with Crippen LogP contribution in [0, 0.1) is 0 Å². The Hall–Kier alpha value is -1.81. The third-order valence-electron chi connectivity index (χ3n) is 3.33. The van der Waals surface area contributed by atoms with Crippen LogP contribution in [0.5, 0.6) is 0 Å². The van der Waals surface area contributed by atoms with E-state index in [-0.39, 0.29) is 12.0 Å². The summed E-state index contributed by atoms with van der Waals surface area (Å²) in [5, 5.41) is 1.94. The molecule has 0 fully saturated rings. The van der Waals surface area contributed by atoms with Crippen LogP contribution in [0.2, 0.25) is 15.1 Å². The molecule has 0 aliphatic heterocycles. The van der Waals surface area contributed by atoms with E-state index in [1.165, 1.54) is 0 Å². The maximum Gasteiger partial charge on any atom is 0.242 e. The fourth-order valence-electron chi connectivity index (χ4n) is 2.40. The summed E-state index contributed by atoms with van der Waals surface area (Å²) in [6, 6.07) is 10.2. The largest absolute Gasteiger partial charge is 0.351 e. The molecule has 0 saturated heterocycles. The van der Waals surface area contributed by atoms with E-state index >= 15 is 0 Å². The molecule has 1 heterocycles. The van der Waals surface area contributed by atoms with Crippen LogP contribution in [0.1, 0.15) is 10.5 Å². The number of carbonyl (C=O) groups is 2. The van der Waals surface area contributed by atoms with E-state index in [9.17, 15) is 9.59 Å². The van der Waals surface area contributed by atoms with Gasteiger partial charge < -0.3 is 4.98 Å². The normalized spacial score (nSPS) is 10.9. The third kappa shape index (κ3) is 2.41. The number of aromatic amines is 1. The summed E-state index contributed by atoms with van der Waals surface area (Å²) in [5.74, 6) is -0.682. The van der Waals surface area contributed by atoms with Gasteiger partial charge in [-0.15, -0.1) is 0 Å². The second-order valence-corrected chi connectivity index (χ2v) is 5.89. The van der Waals surface area contributed by atoms with E-state index in [1.807, 2.05) is 0 Å². The highest BCUT2D eigenvalue weighted by Gasteiger charge is 2.22. The Bertz CT molecular complexity index is 895. The van der Waals surface area contributed by atoms with Crippen LogP contribution in [0.4, 0.5) is 0 Å². The lowest BCUT2D eigenvalue weighted by Crippen LogP contribution is -2.02. The lowest BCUT2D eigenvalue weighted by Gasteiger charge is -2.08. The van der Waals surface area contributed by atoms with Gasteiger partial charge in [0.25, 0.3) is 0 Å². The van der Waals surface area contributed by atoms with Gasteiger partial charge in [-0.05, 0) is 30.3 Å². The molecule has 0 amide bonds. The Morgan fingerprint density at radius 2 is 1.68 bits per heavy atom. The number of rotatable bonds is 3. The number of benzene rings is 2. The first-order valence-corrected chi connectivity index (χ1v) is 7.41. The molecule has 0 unspecified atom stereocenters. The number of aromatic nitrogens is 1. The summed E-state index contributed by atoms with van der Waals surface area (Å²) in [6.07, 6.45) is 0.251. The number of aldehydes is 1. The average molecular weight is 353 g/mol.